The molecule has 0 fully saturated rings. The van der Waals surface area contributed by atoms with E-state index >= 15 is 0 Å². The highest BCUT2D eigenvalue weighted by molar-refractivity contribution is 5.68. The number of nitriles is 1. The molecule has 0 bridgehead atoms. The van der Waals surface area contributed by atoms with E-state index in [0.29, 0.717) is 11.4 Å². The van der Waals surface area contributed by atoms with Gasteiger partial charge in [-0.3, -0.25) is 0 Å². The van der Waals surface area contributed by atoms with Gasteiger partial charge < -0.3 is 9.47 Å². The van der Waals surface area contributed by atoms with Crippen LogP contribution in [0.4, 0.5) is 0 Å². The van der Waals surface area contributed by atoms with Crippen LogP contribution < -0.4 is 9.47 Å². The van der Waals surface area contributed by atoms with E-state index in [9.17, 15) is 0 Å². The van der Waals surface area contributed by atoms with Crippen LogP contribution >= 0.6 is 0 Å². The second-order valence-corrected chi connectivity index (χ2v) is 3.90. The first kappa shape index (κ1) is 10.5. The minimum absolute atomic E-state index is 0.157. The maximum Gasteiger partial charge on any atom is 0.232 e. The number of rotatable bonds is 1. The predicted molar refractivity (Wildman–Crippen MR) is 63.0 cm³/mol. The van der Waals surface area contributed by atoms with Crippen molar-refractivity contribution in [2.45, 2.75) is 6.92 Å². The highest BCUT2D eigenvalue weighted by Crippen LogP contribution is 2.37. The van der Waals surface area contributed by atoms with Gasteiger partial charge in [-0.05, 0) is 30.7 Å². The molecule has 0 atom stereocenters. The molecule has 3 rings (SSSR count). The summed E-state index contributed by atoms with van der Waals surface area (Å²) in [7, 11) is 0. The fourth-order valence-corrected chi connectivity index (χ4v) is 1.88. The normalized spacial score (nSPS) is 12.2. The van der Waals surface area contributed by atoms with Crippen LogP contribution in [0.15, 0.2) is 24.4 Å². The zero-order valence-corrected chi connectivity index (χ0v) is 9.67. The summed E-state index contributed by atoms with van der Waals surface area (Å²) in [4.78, 5) is 8.04. The summed E-state index contributed by atoms with van der Waals surface area (Å²) in [5.41, 5.74) is 2.64. The van der Waals surface area contributed by atoms with Crippen molar-refractivity contribution in [3.63, 3.8) is 0 Å². The van der Waals surface area contributed by atoms with E-state index in [4.69, 9.17) is 14.7 Å². The van der Waals surface area contributed by atoms with Crippen molar-refractivity contribution in [1.82, 2.24) is 9.97 Å². The Bertz CT molecular complexity index is 662. The molecule has 0 saturated carbocycles. The summed E-state index contributed by atoms with van der Waals surface area (Å²) in [6.45, 7) is 2.21. The Morgan fingerprint density at radius 2 is 2.06 bits per heavy atom. The van der Waals surface area contributed by atoms with Crippen LogP contribution in [-0.4, -0.2) is 16.8 Å². The SMILES string of the molecule is Cc1cc2c(cc1-c1ccnc(C#N)n1)OCO2. The van der Waals surface area contributed by atoms with Gasteiger partial charge in [-0.2, -0.15) is 5.26 Å². The first-order chi connectivity index (χ1) is 8.78. The molecular formula is C13H9N3O2. The third-order valence-corrected chi connectivity index (χ3v) is 2.75. The Morgan fingerprint density at radius 1 is 1.28 bits per heavy atom. The molecule has 0 saturated heterocycles. The zero-order chi connectivity index (χ0) is 12.5. The van der Waals surface area contributed by atoms with Crippen LogP contribution in [0, 0.1) is 18.3 Å². The first-order valence-corrected chi connectivity index (χ1v) is 5.41. The number of benzene rings is 1. The average Bonchev–Trinajstić information content (AvgIpc) is 2.85. The summed E-state index contributed by atoms with van der Waals surface area (Å²) >= 11 is 0. The van der Waals surface area contributed by atoms with E-state index in [1.807, 2.05) is 25.1 Å². The molecule has 0 radical (unpaired) electrons. The molecule has 0 spiro atoms. The van der Waals surface area contributed by atoms with Gasteiger partial charge in [-0.15, -0.1) is 0 Å². The third kappa shape index (κ3) is 1.64. The number of aryl methyl sites for hydroxylation is 1. The highest BCUT2D eigenvalue weighted by atomic mass is 16.7. The van der Waals surface area contributed by atoms with E-state index in [0.717, 1.165) is 16.9 Å². The number of aromatic nitrogens is 2. The fraction of sp³-hybridized carbons (Fsp3) is 0.154. The van der Waals surface area contributed by atoms with E-state index in [2.05, 4.69) is 9.97 Å². The van der Waals surface area contributed by atoms with Crippen LogP contribution in [0.1, 0.15) is 11.4 Å². The van der Waals surface area contributed by atoms with E-state index in [1.54, 1.807) is 12.3 Å². The number of ether oxygens (including phenoxy) is 2. The Morgan fingerprint density at radius 3 is 2.83 bits per heavy atom. The molecule has 2 aromatic rings. The van der Waals surface area contributed by atoms with Gasteiger partial charge in [0.25, 0.3) is 0 Å². The van der Waals surface area contributed by atoms with Gasteiger partial charge in [0, 0.05) is 11.8 Å². The monoisotopic (exact) mass is 239 g/mol. The smallest absolute Gasteiger partial charge is 0.232 e. The summed E-state index contributed by atoms with van der Waals surface area (Å²) in [5.74, 6) is 1.60. The molecule has 0 aliphatic carbocycles. The maximum atomic E-state index is 8.81. The van der Waals surface area contributed by atoms with Crippen molar-refractivity contribution < 1.29 is 9.47 Å². The van der Waals surface area contributed by atoms with E-state index in [1.165, 1.54) is 0 Å². The topological polar surface area (TPSA) is 68.0 Å². The molecule has 0 unspecified atom stereocenters. The lowest BCUT2D eigenvalue weighted by atomic mass is 10.0. The van der Waals surface area contributed by atoms with Gasteiger partial charge in [-0.1, -0.05) is 0 Å². The van der Waals surface area contributed by atoms with Crippen molar-refractivity contribution in [3.8, 4) is 28.8 Å². The third-order valence-electron chi connectivity index (χ3n) is 2.75. The first-order valence-electron chi connectivity index (χ1n) is 5.41. The van der Waals surface area contributed by atoms with Gasteiger partial charge in [0.2, 0.25) is 12.6 Å². The summed E-state index contributed by atoms with van der Waals surface area (Å²) in [5, 5.41) is 8.81. The van der Waals surface area contributed by atoms with Gasteiger partial charge in [0.05, 0.1) is 5.69 Å². The minimum Gasteiger partial charge on any atom is -0.454 e. The second kappa shape index (κ2) is 4.00. The number of fused-ring (bicyclic) bond motifs is 1. The van der Waals surface area contributed by atoms with Crippen molar-refractivity contribution in [1.29, 1.82) is 5.26 Å². The lowest BCUT2D eigenvalue weighted by Gasteiger charge is -2.06. The lowest BCUT2D eigenvalue weighted by Crippen LogP contribution is -1.93. The van der Waals surface area contributed by atoms with Gasteiger partial charge in [0.15, 0.2) is 11.5 Å². The van der Waals surface area contributed by atoms with Crippen LogP contribution in [-0.2, 0) is 0 Å². The molecule has 0 amide bonds. The zero-order valence-electron chi connectivity index (χ0n) is 9.67. The molecule has 1 aromatic carbocycles. The lowest BCUT2D eigenvalue weighted by molar-refractivity contribution is 0.174. The molecule has 1 aliphatic heterocycles. The van der Waals surface area contributed by atoms with Crippen molar-refractivity contribution in [3.05, 3.63) is 35.8 Å². The molecule has 1 aromatic heterocycles. The second-order valence-electron chi connectivity index (χ2n) is 3.90. The molecule has 0 N–H and O–H groups in total. The molecule has 2 heterocycles. The minimum atomic E-state index is 0.157. The Hall–Kier alpha value is -2.61. The number of nitrogens with zero attached hydrogens (tertiary/aromatic N) is 3. The van der Waals surface area contributed by atoms with Gasteiger partial charge >= 0.3 is 0 Å². The van der Waals surface area contributed by atoms with Gasteiger partial charge in [0.1, 0.15) is 6.07 Å². The molecule has 5 nitrogen and oxygen atoms in total. The van der Waals surface area contributed by atoms with E-state index in [-0.39, 0.29) is 12.6 Å². The molecule has 88 valence electrons. The highest BCUT2D eigenvalue weighted by Gasteiger charge is 2.17. The predicted octanol–water partition coefficient (Wildman–Crippen LogP) is 2.05. The Kier molecular flexibility index (Phi) is 2.34. The summed E-state index contributed by atoms with van der Waals surface area (Å²) in [6, 6.07) is 7.48. The maximum absolute atomic E-state index is 8.81. The van der Waals surface area contributed by atoms with Crippen molar-refractivity contribution in [2.24, 2.45) is 0 Å². The fourth-order valence-electron chi connectivity index (χ4n) is 1.88. The molecule has 5 heteroatoms. The largest absolute Gasteiger partial charge is 0.454 e. The number of hydrogen-bond donors (Lipinski definition) is 0. The van der Waals surface area contributed by atoms with Crippen LogP contribution in [0.2, 0.25) is 0 Å². The van der Waals surface area contributed by atoms with E-state index < -0.39 is 0 Å². The molecule has 18 heavy (non-hydrogen) atoms. The molecular weight excluding hydrogens is 230 g/mol. The van der Waals surface area contributed by atoms with Crippen LogP contribution in [0.25, 0.3) is 11.3 Å². The average molecular weight is 239 g/mol. The standard InChI is InChI=1S/C13H9N3O2/c1-8-4-11-12(18-7-17-11)5-9(8)10-2-3-15-13(6-14)16-10/h2-5H,7H2,1H3. The summed E-state index contributed by atoms with van der Waals surface area (Å²) < 4.78 is 10.6. The Labute approximate surface area is 104 Å². The van der Waals surface area contributed by atoms with Crippen molar-refractivity contribution in [2.75, 3.05) is 6.79 Å². The van der Waals surface area contributed by atoms with Crippen LogP contribution in [0.3, 0.4) is 0 Å². The Balaban J connectivity index is 2.14. The quantitative estimate of drug-likeness (QED) is 0.761. The number of hydrogen-bond acceptors (Lipinski definition) is 5. The molecule has 1 aliphatic rings. The van der Waals surface area contributed by atoms with Crippen molar-refractivity contribution >= 4 is 0 Å². The van der Waals surface area contributed by atoms with Crippen LogP contribution in [0.5, 0.6) is 11.5 Å². The summed E-state index contributed by atoms with van der Waals surface area (Å²) in [6.07, 6.45) is 1.57. The van der Waals surface area contributed by atoms with Gasteiger partial charge in [-0.25, -0.2) is 9.97 Å².